The second-order valence-electron chi connectivity index (χ2n) is 3.83. The number of carboxylic acids is 1. The van der Waals surface area contributed by atoms with Crippen molar-refractivity contribution in [3.8, 4) is 0 Å². The zero-order chi connectivity index (χ0) is 13.5. The van der Waals surface area contributed by atoms with Crippen LogP contribution < -0.4 is 10.6 Å². The first-order valence-corrected chi connectivity index (χ1v) is 6.47. The van der Waals surface area contributed by atoms with Gasteiger partial charge in [0.05, 0.1) is 17.1 Å². The number of nitrogens with zero attached hydrogens (tertiary/aromatic N) is 1. The predicted octanol–water partition coefficient (Wildman–Crippen LogP) is 1.08. The number of aromatic nitrogens is 1. The molecular weight excluding hydrogens is 254 g/mol. The minimum Gasteiger partial charge on any atom is -0.481 e. The van der Waals surface area contributed by atoms with Crippen molar-refractivity contribution in [3.05, 3.63) is 15.6 Å². The van der Waals surface area contributed by atoms with E-state index in [1.807, 2.05) is 13.8 Å². The number of carbonyl (C=O) groups excluding carboxylic acids is 1. The third kappa shape index (κ3) is 5.13. The Balaban J connectivity index is 2.17. The number of aryl methyl sites for hydroxylation is 2. The summed E-state index contributed by atoms with van der Waals surface area (Å²) in [6, 6.07) is -0.346. The molecule has 6 nitrogen and oxygen atoms in total. The average molecular weight is 271 g/mol. The van der Waals surface area contributed by atoms with Gasteiger partial charge in [-0.3, -0.25) is 4.79 Å². The zero-order valence-electron chi connectivity index (χ0n) is 10.4. The molecule has 1 heterocycles. The van der Waals surface area contributed by atoms with E-state index in [0.717, 1.165) is 10.7 Å². The van der Waals surface area contributed by atoms with Crippen LogP contribution in [0.3, 0.4) is 0 Å². The number of thiazole rings is 1. The fourth-order valence-electron chi connectivity index (χ4n) is 1.27. The average Bonchev–Trinajstić information content (AvgIpc) is 2.57. The fourth-order valence-corrected chi connectivity index (χ4v) is 2.21. The highest BCUT2D eigenvalue weighted by Gasteiger charge is 2.05. The Morgan fingerprint density at radius 2 is 1.94 bits per heavy atom. The lowest BCUT2D eigenvalue weighted by atomic mass is 10.4. The van der Waals surface area contributed by atoms with Crippen LogP contribution in [0.1, 0.15) is 22.0 Å². The zero-order valence-corrected chi connectivity index (χ0v) is 11.3. The lowest BCUT2D eigenvalue weighted by molar-refractivity contribution is -0.136. The van der Waals surface area contributed by atoms with Gasteiger partial charge in [0.2, 0.25) is 0 Å². The van der Waals surface area contributed by atoms with E-state index in [4.69, 9.17) is 5.11 Å². The summed E-state index contributed by atoms with van der Waals surface area (Å²) in [4.78, 5) is 27.0. The van der Waals surface area contributed by atoms with Crippen molar-refractivity contribution >= 4 is 23.3 Å². The smallest absolute Gasteiger partial charge is 0.314 e. The van der Waals surface area contributed by atoms with Gasteiger partial charge < -0.3 is 15.7 Å². The molecule has 0 atom stereocenters. The number of hydrogen-bond acceptors (Lipinski definition) is 4. The van der Waals surface area contributed by atoms with Gasteiger partial charge in [0.15, 0.2) is 0 Å². The summed E-state index contributed by atoms with van der Waals surface area (Å²) in [7, 11) is 0. The van der Waals surface area contributed by atoms with Gasteiger partial charge in [-0.1, -0.05) is 0 Å². The molecule has 0 aliphatic heterocycles. The second-order valence-corrected chi connectivity index (χ2v) is 5.11. The quantitative estimate of drug-likeness (QED) is 0.722. The van der Waals surface area contributed by atoms with Crippen molar-refractivity contribution in [2.45, 2.75) is 26.7 Å². The summed E-state index contributed by atoms with van der Waals surface area (Å²) >= 11 is 1.63. The Kier molecular flexibility index (Phi) is 5.57. The van der Waals surface area contributed by atoms with Gasteiger partial charge in [-0.05, 0) is 13.8 Å². The Morgan fingerprint density at radius 3 is 2.50 bits per heavy atom. The highest BCUT2D eigenvalue weighted by Crippen LogP contribution is 2.16. The minimum absolute atomic E-state index is 0.0711. The highest BCUT2D eigenvalue weighted by molar-refractivity contribution is 7.11. The maximum Gasteiger partial charge on any atom is 0.314 e. The molecule has 0 saturated carbocycles. The molecule has 0 aliphatic carbocycles. The molecule has 7 heteroatoms. The number of urea groups is 1. The molecule has 3 N–H and O–H groups in total. The molecule has 1 rings (SSSR count). The number of amides is 2. The molecule has 0 unspecified atom stereocenters. The topological polar surface area (TPSA) is 91.3 Å². The first-order chi connectivity index (χ1) is 8.49. The lowest BCUT2D eigenvalue weighted by Crippen LogP contribution is -2.37. The molecule has 0 spiro atoms. The third-order valence-electron chi connectivity index (χ3n) is 2.32. The summed E-state index contributed by atoms with van der Waals surface area (Å²) in [6.07, 6.45) is 0.615. The van der Waals surface area contributed by atoms with Gasteiger partial charge in [-0.25, -0.2) is 9.78 Å². The lowest BCUT2D eigenvalue weighted by Gasteiger charge is -2.05. The van der Waals surface area contributed by atoms with E-state index >= 15 is 0 Å². The van der Waals surface area contributed by atoms with Crippen molar-refractivity contribution in [1.82, 2.24) is 15.6 Å². The summed E-state index contributed by atoms with van der Waals surface area (Å²) in [5.74, 6) is -0.927. The van der Waals surface area contributed by atoms with Gasteiger partial charge in [0.25, 0.3) is 0 Å². The van der Waals surface area contributed by atoms with E-state index in [1.54, 1.807) is 11.3 Å². The van der Waals surface area contributed by atoms with Gasteiger partial charge in [0, 0.05) is 24.4 Å². The number of carboxylic acid groups (broad SMARTS) is 1. The van der Waals surface area contributed by atoms with Gasteiger partial charge >= 0.3 is 12.0 Å². The van der Waals surface area contributed by atoms with Crippen LogP contribution in [0.2, 0.25) is 0 Å². The summed E-state index contributed by atoms with van der Waals surface area (Å²) < 4.78 is 0. The summed E-state index contributed by atoms with van der Waals surface area (Å²) in [5, 5.41) is 14.5. The molecule has 1 aromatic rings. The van der Waals surface area contributed by atoms with Crippen LogP contribution in [0, 0.1) is 13.8 Å². The van der Waals surface area contributed by atoms with Crippen LogP contribution in [0.25, 0.3) is 0 Å². The fraction of sp³-hybridized carbons (Fsp3) is 0.545. The SMILES string of the molecule is Cc1nc(CCNC(=O)NCCC(=O)O)sc1C. The number of rotatable bonds is 6. The normalized spacial score (nSPS) is 10.1. The summed E-state index contributed by atoms with van der Waals surface area (Å²) in [6.45, 7) is 4.60. The standard InChI is InChI=1S/C11H17N3O3S/c1-7-8(2)18-9(14-7)3-5-12-11(17)13-6-4-10(15)16/h3-6H2,1-2H3,(H,15,16)(H2,12,13,17). The third-order valence-corrected chi connectivity index (χ3v) is 3.45. The van der Waals surface area contributed by atoms with Crippen LogP contribution in [0.5, 0.6) is 0 Å². The van der Waals surface area contributed by atoms with Crippen molar-refractivity contribution in [3.63, 3.8) is 0 Å². The van der Waals surface area contributed by atoms with Crippen molar-refractivity contribution in [2.24, 2.45) is 0 Å². The van der Waals surface area contributed by atoms with Gasteiger partial charge in [0.1, 0.15) is 0 Å². The molecule has 0 aliphatic rings. The Hall–Kier alpha value is -1.63. The van der Waals surface area contributed by atoms with Crippen LogP contribution in [0.4, 0.5) is 4.79 Å². The molecule has 100 valence electrons. The number of carbonyl (C=O) groups is 2. The van der Waals surface area contributed by atoms with Crippen LogP contribution >= 0.6 is 11.3 Å². The molecule has 1 aromatic heterocycles. The molecular formula is C11H17N3O3S. The van der Waals surface area contributed by atoms with Crippen LogP contribution in [0.15, 0.2) is 0 Å². The van der Waals surface area contributed by atoms with E-state index < -0.39 is 5.97 Å². The molecule has 18 heavy (non-hydrogen) atoms. The second kappa shape index (κ2) is 6.95. The molecule has 0 aromatic carbocycles. The van der Waals surface area contributed by atoms with Crippen LogP contribution in [-0.2, 0) is 11.2 Å². The largest absolute Gasteiger partial charge is 0.481 e. The molecule has 0 saturated heterocycles. The monoisotopic (exact) mass is 271 g/mol. The first kappa shape index (κ1) is 14.4. The van der Waals surface area contributed by atoms with Crippen molar-refractivity contribution in [1.29, 1.82) is 0 Å². The number of nitrogens with one attached hydrogen (secondary N) is 2. The van der Waals surface area contributed by atoms with E-state index in [0.29, 0.717) is 13.0 Å². The van der Waals surface area contributed by atoms with Crippen molar-refractivity contribution < 1.29 is 14.7 Å². The van der Waals surface area contributed by atoms with E-state index in [1.165, 1.54) is 4.88 Å². The highest BCUT2D eigenvalue weighted by atomic mass is 32.1. The molecule has 0 radical (unpaired) electrons. The number of hydrogen-bond donors (Lipinski definition) is 3. The molecule has 0 bridgehead atoms. The van der Waals surface area contributed by atoms with E-state index in [9.17, 15) is 9.59 Å². The first-order valence-electron chi connectivity index (χ1n) is 5.65. The maximum absolute atomic E-state index is 11.3. The molecule has 2 amide bonds. The molecule has 0 fully saturated rings. The maximum atomic E-state index is 11.3. The van der Waals surface area contributed by atoms with Gasteiger partial charge in [-0.15, -0.1) is 11.3 Å². The number of aliphatic carboxylic acids is 1. The summed E-state index contributed by atoms with van der Waals surface area (Å²) in [5.41, 5.74) is 1.03. The Morgan fingerprint density at radius 1 is 1.28 bits per heavy atom. The van der Waals surface area contributed by atoms with E-state index in [2.05, 4.69) is 15.6 Å². The minimum atomic E-state index is -0.927. The Labute approximate surface area is 109 Å². The Bertz CT molecular complexity index is 412. The van der Waals surface area contributed by atoms with Crippen molar-refractivity contribution in [2.75, 3.05) is 13.1 Å². The predicted molar refractivity (Wildman–Crippen MR) is 68.9 cm³/mol. The van der Waals surface area contributed by atoms with Gasteiger partial charge in [-0.2, -0.15) is 0 Å². The van der Waals surface area contributed by atoms with Crippen LogP contribution in [-0.4, -0.2) is 35.2 Å². The van der Waals surface area contributed by atoms with E-state index in [-0.39, 0.29) is 19.0 Å².